The molecule has 0 bridgehead atoms. The fourth-order valence-corrected chi connectivity index (χ4v) is 1.26. The lowest BCUT2D eigenvalue weighted by molar-refractivity contribution is -0.139. The monoisotopic (exact) mass is 249 g/mol. The summed E-state index contributed by atoms with van der Waals surface area (Å²) in [5.41, 5.74) is 1.50. The number of ether oxygens (including phenoxy) is 2. The van der Waals surface area contributed by atoms with Crippen molar-refractivity contribution in [2.75, 3.05) is 32.2 Å². The van der Waals surface area contributed by atoms with Gasteiger partial charge in [-0.1, -0.05) is 6.58 Å². The SMILES string of the molecule is C=C(C)C(=O)OCCOc1ccc(N(C)C)cc1. The van der Waals surface area contributed by atoms with Gasteiger partial charge in [0.05, 0.1) is 0 Å². The summed E-state index contributed by atoms with van der Waals surface area (Å²) in [4.78, 5) is 13.1. The van der Waals surface area contributed by atoms with Crippen molar-refractivity contribution < 1.29 is 14.3 Å². The molecule has 98 valence electrons. The molecule has 0 aliphatic rings. The van der Waals surface area contributed by atoms with Gasteiger partial charge in [0.1, 0.15) is 19.0 Å². The van der Waals surface area contributed by atoms with Crippen LogP contribution in [-0.2, 0) is 9.53 Å². The van der Waals surface area contributed by atoms with Gasteiger partial charge in [0.2, 0.25) is 0 Å². The standard InChI is InChI=1S/C14H19NO3/c1-11(2)14(16)18-10-9-17-13-7-5-12(6-8-13)15(3)4/h5-8H,1,9-10H2,2-4H3. The third kappa shape index (κ3) is 4.49. The molecule has 0 radical (unpaired) electrons. The predicted octanol–water partition coefficient (Wildman–Crippen LogP) is 2.25. The van der Waals surface area contributed by atoms with Gasteiger partial charge in [-0.25, -0.2) is 4.79 Å². The van der Waals surface area contributed by atoms with Crippen molar-refractivity contribution in [2.45, 2.75) is 6.92 Å². The third-order valence-corrected chi connectivity index (χ3v) is 2.29. The van der Waals surface area contributed by atoms with Crippen molar-refractivity contribution >= 4 is 11.7 Å². The second-order valence-electron chi connectivity index (χ2n) is 4.15. The van der Waals surface area contributed by atoms with E-state index in [1.807, 2.05) is 43.3 Å². The fourth-order valence-electron chi connectivity index (χ4n) is 1.26. The van der Waals surface area contributed by atoms with Crippen LogP contribution >= 0.6 is 0 Å². The highest BCUT2D eigenvalue weighted by atomic mass is 16.6. The van der Waals surface area contributed by atoms with Crippen LogP contribution in [0.25, 0.3) is 0 Å². The molecule has 0 spiro atoms. The molecule has 1 rings (SSSR count). The van der Waals surface area contributed by atoms with Crippen LogP contribution in [0.15, 0.2) is 36.4 Å². The number of carbonyl (C=O) groups is 1. The molecule has 0 fully saturated rings. The van der Waals surface area contributed by atoms with Gasteiger partial charge in [0.15, 0.2) is 0 Å². The van der Waals surface area contributed by atoms with Crippen LogP contribution < -0.4 is 9.64 Å². The average Bonchev–Trinajstić information content (AvgIpc) is 2.34. The molecule has 4 nitrogen and oxygen atoms in total. The summed E-state index contributed by atoms with van der Waals surface area (Å²) in [7, 11) is 3.96. The molecule has 0 atom stereocenters. The second kappa shape index (κ2) is 6.69. The van der Waals surface area contributed by atoms with Crippen LogP contribution in [-0.4, -0.2) is 33.3 Å². The van der Waals surface area contributed by atoms with E-state index in [0.717, 1.165) is 11.4 Å². The first-order valence-electron chi connectivity index (χ1n) is 5.73. The van der Waals surface area contributed by atoms with Gasteiger partial charge in [-0.3, -0.25) is 0 Å². The first-order chi connectivity index (χ1) is 8.50. The Hall–Kier alpha value is -1.97. The Labute approximate surface area is 108 Å². The molecule has 0 amide bonds. The second-order valence-corrected chi connectivity index (χ2v) is 4.15. The number of carbonyl (C=O) groups excluding carboxylic acids is 1. The molecule has 0 heterocycles. The van der Waals surface area contributed by atoms with Crippen LogP contribution in [0.4, 0.5) is 5.69 Å². The van der Waals surface area contributed by atoms with Gasteiger partial charge in [0.25, 0.3) is 0 Å². The summed E-state index contributed by atoms with van der Waals surface area (Å²) >= 11 is 0. The Kier molecular flexibility index (Phi) is 5.24. The number of benzene rings is 1. The average molecular weight is 249 g/mol. The minimum absolute atomic E-state index is 0.223. The van der Waals surface area contributed by atoms with Gasteiger partial charge in [0, 0.05) is 25.4 Å². The molecular weight excluding hydrogens is 230 g/mol. The van der Waals surface area contributed by atoms with Gasteiger partial charge in [-0.15, -0.1) is 0 Å². The molecule has 0 unspecified atom stereocenters. The summed E-state index contributed by atoms with van der Waals surface area (Å²) in [5.74, 6) is 0.369. The summed E-state index contributed by atoms with van der Waals surface area (Å²) in [5, 5.41) is 0. The molecule has 1 aromatic rings. The van der Waals surface area contributed by atoms with E-state index in [1.54, 1.807) is 6.92 Å². The molecule has 0 aliphatic heterocycles. The Balaban J connectivity index is 2.31. The Morgan fingerprint density at radius 1 is 1.22 bits per heavy atom. The van der Waals surface area contributed by atoms with Crippen LogP contribution in [0.5, 0.6) is 5.75 Å². The summed E-state index contributed by atoms with van der Waals surface area (Å²) in [6, 6.07) is 7.70. The van der Waals surface area contributed by atoms with Crippen molar-refractivity contribution in [3.63, 3.8) is 0 Å². The number of anilines is 1. The lowest BCUT2D eigenvalue weighted by Crippen LogP contribution is -2.12. The van der Waals surface area contributed by atoms with Crippen LogP contribution in [0.3, 0.4) is 0 Å². The zero-order chi connectivity index (χ0) is 13.5. The van der Waals surface area contributed by atoms with E-state index >= 15 is 0 Å². The minimum atomic E-state index is -0.387. The van der Waals surface area contributed by atoms with E-state index in [1.165, 1.54) is 0 Å². The lowest BCUT2D eigenvalue weighted by atomic mass is 10.3. The zero-order valence-corrected chi connectivity index (χ0v) is 11.1. The third-order valence-electron chi connectivity index (χ3n) is 2.29. The summed E-state index contributed by atoms with van der Waals surface area (Å²) in [6.45, 7) is 5.67. The first-order valence-corrected chi connectivity index (χ1v) is 5.73. The molecule has 4 heteroatoms. The number of hydrogen-bond donors (Lipinski definition) is 0. The van der Waals surface area contributed by atoms with Crippen molar-refractivity contribution in [1.29, 1.82) is 0 Å². The van der Waals surface area contributed by atoms with Crippen molar-refractivity contribution in [3.05, 3.63) is 36.4 Å². The van der Waals surface area contributed by atoms with Gasteiger partial charge < -0.3 is 14.4 Å². The van der Waals surface area contributed by atoms with Gasteiger partial charge >= 0.3 is 5.97 Å². The first kappa shape index (κ1) is 14.1. The number of rotatable bonds is 6. The maximum absolute atomic E-state index is 11.1. The van der Waals surface area contributed by atoms with Crippen molar-refractivity contribution in [1.82, 2.24) is 0 Å². The van der Waals surface area contributed by atoms with Crippen molar-refractivity contribution in [2.24, 2.45) is 0 Å². The van der Waals surface area contributed by atoms with Crippen molar-refractivity contribution in [3.8, 4) is 5.75 Å². The zero-order valence-electron chi connectivity index (χ0n) is 11.1. The molecule has 18 heavy (non-hydrogen) atoms. The Morgan fingerprint density at radius 3 is 2.33 bits per heavy atom. The molecule has 0 N–H and O–H groups in total. The van der Waals surface area contributed by atoms with E-state index in [2.05, 4.69) is 6.58 Å². The number of nitrogens with zero attached hydrogens (tertiary/aromatic N) is 1. The van der Waals surface area contributed by atoms with E-state index in [0.29, 0.717) is 12.2 Å². The Morgan fingerprint density at radius 2 is 1.83 bits per heavy atom. The topological polar surface area (TPSA) is 38.8 Å². The maximum Gasteiger partial charge on any atom is 0.333 e. The summed E-state index contributed by atoms with van der Waals surface area (Å²) < 4.78 is 10.4. The normalized spacial score (nSPS) is 9.72. The molecule has 0 saturated carbocycles. The van der Waals surface area contributed by atoms with E-state index in [4.69, 9.17) is 9.47 Å². The quantitative estimate of drug-likeness (QED) is 0.440. The number of esters is 1. The van der Waals surface area contributed by atoms with Crippen LogP contribution in [0.2, 0.25) is 0 Å². The van der Waals surface area contributed by atoms with E-state index in [-0.39, 0.29) is 12.6 Å². The fraction of sp³-hybridized carbons (Fsp3) is 0.357. The largest absolute Gasteiger partial charge is 0.490 e. The smallest absolute Gasteiger partial charge is 0.333 e. The van der Waals surface area contributed by atoms with E-state index in [9.17, 15) is 4.79 Å². The number of hydrogen-bond acceptors (Lipinski definition) is 4. The molecule has 0 aliphatic carbocycles. The molecule has 0 saturated heterocycles. The maximum atomic E-state index is 11.1. The van der Waals surface area contributed by atoms with E-state index < -0.39 is 0 Å². The lowest BCUT2D eigenvalue weighted by Gasteiger charge is -2.13. The van der Waals surface area contributed by atoms with Gasteiger partial charge in [-0.2, -0.15) is 0 Å². The predicted molar refractivity (Wildman–Crippen MR) is 72.0 cm³/mol. The van der Waals surface area contributed by atoms with Crippen LogP contribution in [0, 0.1) is 0 Å². The molecule has 0 aromatic heterocycles. The molecular formula is C14H19NO3. The molecule has 1 aromatic carbocycles. The van der Waals surface area contributed by atoms with Gasteiger partial charge in [-0.05, 0) is 31.2 Å². The summed E-state index contributed by atoms with van der Waals surface area (Å²) in [6.07, 6.45) is 0. The Bertz CT molecular complexity index is 410. The minimum Gasteiger partial charge on any atom is -0.490 e. The highest BCUT2D eigenvalue weighted by Gasteiger charge is 2.02. The highest BCUT2D eigenvalue weighted by Crippen LogP contribution is 2.17. The van der Waals surface area contributed by atoms with Crippen LogP contribution in [0.1, 0.15) is 6.92 Å². The highest BCUT2D eigenvalue weighted by molar-refractivity contribution is 5.86.